The molecule has 1 aromatic carbocycles. The largest absolute Gasteiger partial charge is 0.500 e. The topological polar surface area (TPSA) is 36.3 Å². The predicted octanol–water partition coefficient (Wildman–Crippen LogP) is 2.66. The van der Waals surface area contributed by atoms with Gasteiger partial charge in [0.1, 0.15) is 11.6 Å². The lowest BCUT2D eigenvalue weighted by atomic mass is 9.77. The van der Waals surface area contributed by atoms with Gasteiger partial charge in [0, 0.05) is 18.8 Å². The minimum atomic E-state index is -1.07. The SMILES string of the molecule is Cn1cc(-c2cc(F)c(B3OC(C)(C)C(C)(C)O3)c(F)c2)cn1. The Morgan fingerprint density at radius 3 is 1.96 bits per heavy atom. The first-order chi connectivity index (χ1) is 10.6. The monoisotopic (exact) mass is 320 g/mol. The van der Waals surface area contributed by atoms with Gasteiger partial charge in [-0.3, -0.25) is 4.68 Å². The maximum atomic E-state index is 14.5. The van der Waals surface area contributed by atoms with E-state index in [2.05, 4.69) is 5.10 Å². The van der Waals surface area contributed by atoms with E-state index >= 15 is 0 Å². The fraction of sp³-hybridized carbons (Fsp3) is 0.438. The predicted molar refractivity (Wildman–Crippen MR) is 84.3 cm³/mol. The molecule has 0 unspecified atom stereocenters. The first-order valence-corrected chi connectivity index (χ1v) is 7.44. The molecule has 0 spiro atoms. The standard InChI is InChI=1S/C16H19BF2N2O2/c1-15(2)16(3,4)23-17(22-15)14-12(18)6-10(7-13(14)19)11-8-20-21(5)9-11/h6-9H,1-5H3. The molecule has 1 aromatic heterocycles. The number of benzene rings is 1. The van der Waals surface area contributed by atoms with E-state index in [1.54, 1.807) is 24.1 Å². The van der Waals surface area contributed by atoms with Crippen LogP contribution in [0.15, 0.2) is 24.5 Å². The molecule has 0 N–H and O–H groups in total. The Bertz CT molecular complexity index is 719. The van der Waals surface area contributed by atoms with Gasteiger partial charge in [-0.15, -0.1) is 0 Å². The lowest BCUT2D eigenvalue weighted by molar-refractivity contribution is 0.00578. The van der Waals surface area contributed by atoms with Crippen LogP contribution in [0.25, 0.3) is 11.1 Å². The highest BCUT2D eigenvalue weighted by Crippen LogP contribution is 2.37. The Balaban J connectivity index is 1.99. The summed E-state index contributed by atoms with van der Waals surface area (Å²) in [6.45, 7) is 7.36. The maximum Gasteiger partial charge on any atom is 0.500 e. The Hall–Kier alpha value is -1.73. The van der Waals surface area contributed by atoms with Crippen molar-refractivity contribution in [3.63, 3.8) is 0 Å². The van der Waals surface area contributed by atoms with Gasteiger partial charge in [0.05, 0.1) is 22.9 Å². The highest BCUT2D eigenvalue weighted by Gasteiger charge is 2.53. The van der Waals surface area contributed by atoms with Gasteiger partial charge in [0.25, 0.3) is 0 Å². The van der Waals surface area contributed by atoms with E-state index in [1.807, 2.05) is 27.7 Å². The molecule has 2 heterocycles. The molecule has 0 bridgehead atoms. The molecule has 7 heteroatoms. The highest BCUT2D eigenvalue weighted by molar-refractivity contribution is 6.62. The Morgan fingerprint density at radius 1 is 1.00 bits per heavy atom. The zero-order valence-corrected chi connectivity index (χ0v) is 13.9. The van der Waals surface area contributed by atoms with E-state index in [1.165, 1.54) is 12.1 Å². The smallest absolute Gasteiger partial charge is 0.399 e. The quantitative estimate of drug-likeness (QED) is 0.798. The van der Waals surface area contributed by atoms with E-state index < -0.39 is 30.0 Å². The Kier molecular flexibility index (Phi) is 3.61. The second-order valence-corrected chi connectivity index (χ2v) is 6.84. The highest BCUT2D eigenvalue weighted by atomic mass is 19.1. The first kappa shape index (κ1) is 16.1. The molecular weight excluding hydrogens is 301 g/mol. The molecule has 3 rings (SSSR count). The molecule has 0 radical (unpaired) electrons. The molecule has 1 aliphatic rings. The summed E-state index contributed by atoms with van der Waals surface area (Å²) < 4.78 is 42.1. The summed E-state index contributed by atoms with van der Waals surface area (Å²) in [7, 11) is 0.678. The van der Waals surface area contributed by atoms with Crippen molar-refractivity contribution in [2.45, 2.75) is 38.9 Å². The van der Waals surface area contributed by atoms with Crippen molar-refractivity contribution in [2.75, 3.05) is 0 Å². The van der Waals surface area contributed by atoms with Gasteiger partial charge >= 0.3 is 7.12 Å². The van der Waals surface area contributed by atoms with Crippen LogP contribution in [0.5, 0.6) is 0 Å². The molecule has 2 aromatic rings. The second kappa shape index (κ2) is 5.14. The zero-order chi connectivity index (χ0) is 17.0. The first-order valence-electron chi connectivity index (χ1n) is 7.44. The second-order valence-electron chi connectivity index (χ2n) is 6.84. The number of aromatic nitrogens is 2. The van der Waals surface area contributed by atoms with Crippen molar-refractivity contribution in [3.05, 3.63) is 36.2 Å². The summed E-state index contributed by atoms with van der Waals surface area (Å²) in [5, 5.41) is 4.01. The molecule has 1 saturated heterocycles. The average molecular weight is 320 g/mol. The van der Waals surface area contributed by atoms with Crippen molar-refractivity contribution in [1.29, 1.82) is 0 Å². The lowest BCUT2D eigenvalue weighted by Gasteiger charge is -2.32. The molecule has 0 saturated carbocycles. The van der Waals surface area contributed by atoms with Crippen LogP contribution in [-0.2, 0) is 16.4 Å². The van der Waals surface area contributed by atoms with E-state index in [-0.39, 0.29) is 5.46 Å². The third-order valence-electron chi connectivity index (χ3n) is 4.61. The van der Waals surface area contributed by atoms with Crippen LogP contribution in [0.4, 0.5) is 8.78 Å². The summed E-state index contributed by atoms with van der Waals surface area (Å²) in [6, 6.07) is 2.56. The van der Waals surface area contributed by atoms with Crippen LogP contribution in [0, 0.1) is 11.6 Å². The van der Waals surface area contributed by atoms with Gasteiger partial charge in [0.15, 0.2) is 0 Å². The molecule has 0 aliphatic carbocycles. The average Bonchev–Trinajstić information content (AvgIpc) is 2.91. The minimum absolute atomic E-state index is 0.198. The van der Waals surface area contributed by atoms with Gasteiger partial charge < -0.3 is 9.31 Å². The minimum Gasteiger partial charge on any atom is -0.399 e. The van der Waals surface area contributed by atoms with E-state index in [0.717, 1.165) is 0 Å². The van der Waals surface area contributed by atoms with E-state index in [9.17, 15) is 8.78 Å². The third-order valence-corrected chi connectivity index (χ3v) is 4.61. The summed E-state index contributed by atoms with van der Waals surface area (Å²) in [5.41, 5.74) is -0.438. The number of hydrogen-bond acceptors (Lipinski definition) is 3. The van der Waals surface area contributed by atoms with Gasteiger partial charge in [-0.1, -0.05) is 0 Å². The lowest BCUT2D eigenvalue weighted by Crippen LogP contribution is -2.41. The van der Waals surface area contributed by atoms with Crippen LogP contribution >= 0.6 is 0 Å². The van der Waals surface area contributed by atoms with Crippen LogP contribution in [-0.4, -0.2) is 28.1 Å². The van der Waals surface area contributed by atoms with Gasteiger partial charge in [-0.25, -0.2) is 8.78 Å². The van der Waals surface area contributed by atoms with Gasteiger partial charge in [0.2, 0.25) is 0 Å². The van der Waals surface area contributed by atoms with E-state index in [0.29, 0.717) is 11.1 Å². The number of rotatable bonds is 2. The number of nitrogens with zero attached hydrogens (tertiary/aromatic N) is 2. The van der Waals surface area contributed by atoms with Crippen LogP contribution in [0.2, 0.25) is 0 Å². The summed E-state index contributed by atoms with van der Waals surface area (Å²) in [4.78, 5) is 0. The zero-order valence-electron chi connectivity index (χ0n) is 13.9. The molecule has 122 valence electrons. The molecular formula is C16H19BF2N2O2. The molecule has 23 heavy (non-hydrogen) atoms. The Morgan fingerprint density at radius 2 is 1.52 bits per heavy atom. The molecule has 0 atom stereocenters. The van der Waals surface area contributed by atoms with Crippen molar-refractivity contribution in [1.82, 2.24) is 9.78 Å². The molecule has 4 nitrogen and oxygen atoms in total. The van der Waals surface area contributed by atoms with Crippen molar-refractivity contribution in [3.8, 4) is 11.1 Å². The summed E-state index contributed by atoms with van der Waals surface area (Å²) >= 11 is 0. The molecule has 0 amide bonds. The fourth-order valence-corrected chi connectivity index (χ4v) is 2.51. The number of halogens is 2. The van der Waals surface area contributed by atoms with Crippen LogP contribution in [0.3, 0.4) is 0 Å². The van der Waals surface area contributed by atoms with Crippen molar-refractivity contribution < 1.29 is 18.1 Å². The normalized spacial score (nSPS) is 19.3. The van der Waals surface area contributed by atoms with Crippen LogP contribution in [0.1, 0.15) is 27.7 Å². The summed E-state index contributed by atoms with van der Waals surface area (Å²) in [6.07, 6.45) is 3.26. The van der Waals surface area contributed by atoms with E-state index in [4.69, 9.17) is 9.31 Å². The number of hydrogen-bond donors (Lipinski definition) is 0. The fourth-order valence-electron chi connectivity index (χ4n) is 2.51. The van der Waals surface area contributed by atoms with Gasteiger partial charge in [-0.2, -0.15) is 5.10 Å². The van der Waals surface area contributed by atoms with Crippen LogP contribution < -0.4 is 5.46 Å². The summed E-state index contributed by atoms with van der Waals surface area (Å²) in [5.74, 6) is -1.38. The van der Waals surface area contributed by atoms with Crippen molar-refractivity contribution in [2.24, 2.45) is 7.05 Å². The number of aryl methyl sites for hydroxylation is 1. The third kappa shape index (κ3) is 2.68. The van der Waals surface area contributed by atoms with Gasteiger partial charge in [-0.05, 0) is 45.4 Å². The molecule has 1 aliphatic heterocycles. The maximum absolute atomic E-state index is 14.5. The molecule has 1 fully saturated rings. The Labute approximate surface area is 134 Å². The van der Waals surface area contributed by atoms with Crippen molar-refractivity contribution >= 4 is 12.6 Å².